The number of rotatable bonds is 3. The number of aromatic nitrogens is 1. The molecule has 1 aromatic carbocycles. The second-order valence-corrected chi connectivity index (χ2v) is 7.00. The molecular weight excluding hydrogens is 282 g/mol. The summed E-state index contributed by atoms with van der Waals surface area (Å²) < 4.78 is 0. The third-order valence-corrected chi connectivity index (χ3v) is 4.18. The van der Waals surface area contributed by atoms with Crippen molar-refractivity contribution in [1.82, 2.24) is 4.98 Å². The summed E-state index contributed by atoms with van der Waals surface area (Å²) in [5.41, 5.74) is 11.9. The summed E-state index contributed by atoms with van der Waals surface area (Å²) >= 11 is 0. The number of benzene rings is 1. The van der Waals surface area contributed by atoms with Crippen LogP contribution in [-0.4, -0.2) is 4.98 Å². The highest BCUT2D eigenvalue weighted by atomic mass is 14.8. The van der Waals surface area contributed by atoms with Crippen molar-refractivity contribution in [2.45, 2.75) is 52.9 Å². The van der Waals surface area contributed by atoms with Crippen LogP contribution in [-0.2, 0) is 11.8 Å². The van der Waals surface area contributed by atoms with Crippen molar-refractivity contribution >= 4 is 5.82 Å². The van der Waals surface area contributed by atoms with Gasteiger partial charge in [0.15, 0.2) is 0 Å². The van der Waals surface area contributed by atoms with Crippen LogP contribution in [0.25, 0.3) is 11.1 Å². The molecule has 2 rings (SSSR count). The summed E-state index contributed by atoms with van der Waals surface area (Å²) in [6.45, 7) is 10.7. The van der Waals surface area contributed by atoms with Gasteiger partial charge in [0.05, 0.1) is 0 Å². The van der Waals surface area contributed by atoms with Crippen molar-refractivity contribution < 1.29 is 0 Å². The summed E-state index contributed by atoms with van der Waals surface area (Å²) in [6.07, 6.45) is 1.90. The normalized spacial score (nSPS) is 11.3. The molecule has 0 saturated carbocycles. The highest BCUT2D eigenvalue weighted by Gasteiger charge is 2.19. The first-order valence-electron chi connectivity index (χ1n) is 8.09. The molecule has 1 aromatic heterocycles. The fourth-order valence-electron chi connectivity index (χ4n) is 2.89. The zero-order chi connectivity index (χ0) is 17.2. The van der Waals surface area contributed by atoms with Crippen molar-refractivity contribution in [2.24, 2.45) is 0 Å². The molecule has 0 bridgehead atoms. The Morgan fingerprint density at radius 1 is 1.17 bits per heavy atom. The highest BCUT2D eigenvalue weighted by molar-refractivity contribution is 5.79. The van der Waals surface area contributed by atoms with E-state index in [4.69, 9.17) is 5.73 Å². The van der Waals surface area contributed by atoms with Gasteiger partial charge in [0.2, 0.25) is 0 Å². The summed E-state index contributed by atoms with van der Waals surface area (Å²) in [5, 5.41) is 9.56. The lowest BCUT2D eigenvalue weighted by Gasteiger charge is -2.20. The third kappa shape index (κ3) is 3.37. The minimum atomic E-state index is 0.107. The van der Waals surface area contributed by atoms with Gasteiger partial charge < -0.3 is 5.73 Å². The first kappa shape index (κ1) is 17.0. The summed E-state index contributed by atoms with van der Waals surface area (Å²) in [6, 6.07) is 10.7. The van der Waals surface area contributed by atoms with Gasteiger partial charge >= 0.3 is 0 Å². The molecule has 3 heteroatoms. The van der Waals surface area contributed by atoms with Crippen LogP contribution in [0.15, 0.2) is 24.3 Å². The largest absolute Gasteiger partial charge is 0.383 e. The molecule has 2 aromatic rings. The van der Waals surface area contributed by atoms with Crippen LogP contribution in [0, 0.1) is 18.3 Å². The topological polar surface area (TPSA) is 62.7 Å². The van der Waals surface area contributed by atoms with E-state index in [-0.39, 0.29) is 5.41 Å². The molecule has 0 saturated heterocycles. The van der Waals surface area contributed by atoms with Crippen LogP contribution in [0.1, 0.15) is 56.5 Å². The first-order chi connectivity index (χ1) is 10.8. The van der Waals surface area contributed by atoms with Crippen LogP contribution < -0.4 is 5.73 Å². The summed E-state index contributed by atoms with van der Waals surface area (Å²) in [7, 11) is 0. The maximum Gasteiger partial charge on any atom is 0.142 e. The van der Waals surface area contributed by atoms with E-state index >= 15 is 0 Å². The van der Waals surface area contributed by atoms with Crippen LogP contribution in [0.3, 0.4) is 0 Å². The van der Waals surface area contributed by atoms with Crippen molar-refractivity contribution in [3.05, 3.63) is 46.6 Å². The smallest absolute Gasteiger partial charge is 0.142 e. The molecule has 0 unspecified atom stereocenters. The minimum absolute atomic E-state index is 0.107. The Kier molecular flexibility index (Phi) is 4.75. The number of nitrogens with zero attached hydrogens (tertiary/aromatic N) is 2. The number of anilines is 1. The first-order valence-corrected chi connectivity index (χ1v) is 8.09. The van der Waals surface area contributed by atoms with E-state index in [1.165, 1.54) is 5.56 Å². The minimum Gasteiger partial charge on any atom is -0.383 e. The SMILES string of the molecule is CCCc1c(C)nc(N)c(C#N)c1-c1ccc(C(C)(C)C)cc1. The van der Waals surface area contributed by atoms with E-state index in [9.17, 15) is 5.26 Å². The van der Waals surface area contributed by atoms with Gasteiger partial charge in [-0.1, -0.05) is 58.4 Å². The van der Waals surface area contributed by atoms with Gasteiger partial charge in [0.1, 0.15) is 17.5 Å². The van der Waals surface area contributed by atoms with Gasteiger partial charge in [-0.2, -0.15) is 5.26 Å². The van der Waals surface area contributed by atoms with Gasteiger partial charge in [-0.05, 0) is 35.4 Å². The van der Waals surface area contributed by atoms with Crippen molar-refractivity contribution in [3.8, 4) is 17.2 Å². The lowest BCUT2D eigenvalue weighted by molar-refractivity contribution is 0.590. The van der Waals surface area contributed by atoms with Gasteiger partial charge in [-0.25, -0.2) is 4.98 Å². The van der Waals surface area contributed by atoms with Crippen molar-refractivity contribution in [2.75, 3.05) is 5.73 Å². The number of pyridine rings is 1. The van der Waals surface area contributed by atoms with E-state index < -0.39 is 0 Å². The molecule has 0 aliphatic carbocycles. The molecule has 3 nitrogen and oxygen atoms in total. The predicted molar refractivity (Wildman–Crippen MR) is 96.2 cm³/mol. The average molecular weight is 307 g/mol. The molecule has 0 spiro atoms. The Bertz CT molecular complexity index is 744. The molecule has 0 amide bonds. The molecule has 120 valence electrons. The maximum absolute atomic E-state index is 9.56. The Balaban J connectivity index is 2.68. The lowest BCUT2D eigenvalue weighted by Crippen LogP contribution is -2.10. The average Bonchev–Trinajstić information content (AvgIpc) is 2.49. The summed E-state index contributed by atoms with van der Waals surface area (Å²) in [5.74, 6) is 0.319. The molecule has 0 atom stereocenters. The van der Waals surface area contributed by atoms with Gasteiger partial charge in [0, 0.05) is 11.3 Å². The summed E-state index contributed by atoms with van der Waals surface area (Å²) in [4.78, 5) is 4.36. The second kappa shape index (κ2) is 6.42. The van der Waals surface area contributed by atoms with E-state index in [1.807, 2.05) is 6.92 Å². The molecule has 2 N–H and O–H groups in total. The number of hydrogen-bond acceptors (Lipinski definition) is 3. The van der Waals surface area contributed by atoms with Gasteiger partial charge in [0.25, 0.3) is 0 Å². The molecule has 0 radical (unpaired) electrons. The van der Waals surface area contributed by atoms with Crippen LogP contribution in [0.5, 0.6) is 0 Å². The van der Waals surface area contributed by atoms with Crippen LogP contribution in [0.4, 0.5) is 5.82 Å². The fraction of sp³-hybridized carbons (Fsp3) is 0.400. The molecular formula is C20H25N3. The lowest BCUT2D eigenvalue weighted by atomic mass is 9.85. The number of nitriles is 1. The standard InChI is InChI=1S/C20H25N3/c1-6-7-16-13(2)23-19(22)17(12-21)18(16)14-8-10-15(11-9-14)20(3,4)5/h8-11H,6-7H2,1-5H3,(H2,22,23). The fourth-order valence-corrected chi connectivity index (χ4v) is 2.89. The zero-order valence-corrected chi connectivity index (χ0v) is 14.7. The molecule has 1 heterocycles. The Labute approximate surface area is 139 Å². The van der Waals surface area contributed by atoms with E-state index in [1.54, 1.807) is 0 Å². The Morgan fingerprint density at radius 3 is 2.26 bits per heavy atom. The zero-order valence-electron chi connectivity index (χ0n) is 14.7. The van der Waals surface area contributed by atoms with Crippen LogP contribution in [0.2, 0.25) is 0 Å². The molecule has 0 aliphatic rings. The predicted octanol–water partition coefficient (Wildman–Crippen LogP) is 4.76. The third-order valence-electron chi connectivity index (χ3n) is 4.18. The highest BCUT2D eigenvalue weighted by Crippen LogP contribution is 2.34. The van der Waals surface area contributed by atoms with E-state index in [0.29, 0.717) is 11.4 Å². The molecule has 0 fully saturated rings. The maximum atomic E-state index is 9.56. The van der Waals surface area contributed by atoms with Gasteiger partial charge in [-0.15, -0.1) is 0 Å². The number of hydrogen-bond donors (Lipinski definition) is 1. The number of nitrogen functional groups attached to an aromatic ring is 1. The molecule has 0 aliphatic heterocycles. The monoisotopic (exact) mass is 307 g/mol. The van der Waals surface area contributed by atoms with E-state index in [2.05, 4.69) is 63.0 Å². The number of nitrogens with two attached hydrogens (primary N) is 1. The van der Waals surface area contributed by atoms with Crippen molar-refractivity contribution in [3.63, 3.8) is 0 Å². The van der Waals surface area contributed by atoms with Gasteiger partial charge in [-0.3, -0.25) is 0 Å². The Morgan fingerprint density at radius 2 is 1.78 bits per heavy atom. The van der Waals surface area contributed by atoms with Crippen LogP contribution >= 0.6 is 0 Å². The number of aryl methyl sites for hydroxylation is 1. The Hall–Kier alpha value is -2.34. The van der Waals surface area contributed by atoms with Crippen molar-refractivity contribution in [1.29, 1.82) is 5.26 Å². The second-order valence-electron chi connectivity index (χ2n) is 7.00. The van der Waals surface area contributed by atoms with E-state index in [0.717, 1.165) is 35.2 Å². The molecule has 23 heavy (non-hydrogen) atoms. The quantitative estimate of drug-likeness (QED) is 0.889.